The highest BCUT2D eigenvalue weighted by Crippen LogP contribution is 2.45. The van der Waals surface area contributed by atoms with Crippen LogP contribution in [0.2, 0.25) is 0 Å². The van der Waals surface area contributed by atoms with Gasteiger partial charge in [-0.1, -0.05) is 57.9 Å². The van der Waals surface area contributed by atoms with E-state index in [9.17, 15) is 10.2 Å². The van der Waals surface area contributed by atoms with Crippen LogP contribution in [0.4, 0.5) is 0 Å². The van der Waals surface area contributed by atoms with Gasteiger partial charge in [0.1, 0.15) is 11.5 Å². The summed E-state index contributed by atoms with van der Waals surface area (Å²) in [5.41, 5.74) is 2.37. The van der Waals surface area contributed by atoms with Gasteiger partial charge in [0.05, 0.1) is 0 Å². The summed E-state index contributed by atoms with van der Waals surface area (Å²) in [7, 11) is 0. The molecule has 0 aliphatic rings. The zero-order valence-electron chi connectivity index (χ0n) is 13.7. The normalized spacial score (nSPS) is 13.0. The monoisotopic (exact) mass is 298 g/mol. The molecule has 118 valence electrons. The number of phenols is 2. The van der Waals surface area contributed by atoms with Crippen molar-refractivity contribution in [3.05, 3.63) is 59.7 Å². The molecule has 2 nitrogen and oxygen atoms in total. The summed E-state index contributed by atoms with van der Waals surface area (Å²) in [6.45, 7) is 6.71. The van der Waals surface area contributed by atoms with Crippen LogP contribution in [0.5, 0.6) is 11.5 Å². The maximum absolute atomic E-state index is 9.62. The van der Waals surface area contributed by atoms with Crippen LogP contribution >= 0.6 is 0 Å². The Morgan fingerprint density at radius 1 is 0.818 bits per heavy atom. The summed E-state index contributed by atoms with van der Waals surface area (Å²) in [4.78, 5) is 0. The molecule has 1 unspecified atom stereocenters. The number of benzene rings is 2. The molecular formula is C20H26O2. The van der Waals surface area contributed by atoms with Crippen molar-refractivity contribution in [3.63, 3.8) is 0 Å². The van der Waals surface area contributed by atoms with Crippen LogP contribution in [0.25, 0.3) is 0 Å². The lowest BCUT2D eigenvalue weighted by molar-refractivity contribution is 0.309. The van der Waals surface area contributed by atoms with Gasteiger partial charge in [-0.05, 0) is 47.7 Å². The van der Waals surface area contributed by atoms with Crippen LogP contribution in [0, 0.1) is 5.92 Å². The minimum Gasteiger partial charge on any atom is -0.508 e. The molecule has 2 aromatic rings. The van der Waals surface area contributed by atoms with Crippen LogP contribution in [0.1, 0.15) is 51.2 Å². The Kier molecular flexibility index (Phi) is 5.12. The van der Waals surface area contributed by atoms with E-state index in [4.69, 9.17) is 0 Å². The topological polar surface area (TPSA) is 40.5 Å². The molecule has 1 atom stereocenters. The van der Waals surface area contributed by atoms with E-state index >= 15 is 0 Å². The van der Waals surface area contributed by atoms with Crippen molar-refractivity contribution in [1.29, 1.82) is 0 Å². The second-order valence-corrected chi connectivity index (χ2v) is 6.12. The average molecular weight is 298 g/mol. The minimum atomic E-state index is -0.0924. The van der Waals surface area contributed by atoms with E-state index in [1.165, 1.54) is 11.1 Å². The van der Waals surface area contributed by atoms with Crippen molar-refractivity contribution >= 4 is 0 Å². The summed E-state index contributed by atoms with van der Waals surface area (Å²) < 4.78 is 0. The Labute approximate surface area is 133 Å². The number of aromatic hydroxyl groups is 2. The summed E-state index contributed by atoms with van der Waals surface area (Å²) in [5.74, 6) is 1.05. The molecule has 0 aromatic heterocycles. The number of rotatable bonds is 6. The first-order valence-electron chi connectivity index (χ1n) is 8.13. The minimum absolute atomic E-state index is 0.0924. The highest BCUT2D eigenvalue weighted by molar-refractivity contribution is 5.43. The second-order valence-electron chi connectivity index (χ2n) is 6.12. The highest BCUT2D eigenvalue weighted by Gasteiger charge is 2.38. The van der Waals surface area contributed by atoms with Gasteiger partial charge in [-0.25, -0.2) is 0 Å². The molecule has 0 bridgehead atoms. The van der Waals surface area contributed by atoms with Crippen molar-refractivity contribution < 1.29 is 10.2 Å². The summed E-state index contributed by atoms with van der Waals surface area (Å²) >= 11 is 0. The molecule has 22 heavy (non-hydrogen) atoms. The first-order chi connectivity index (χ1) is 10.5. The van der Waals surface area contributed by atoms with Crippen molar-refractivity contribution in [2.75, 3.05) is 0 Å². The van der Waals surface area contributed by atoms with E-state index in [-0.39, 0.29) is 5.41 Å². The van der Waals surface area contributed by atoms with Gasteiger partial charge in [-0.2, -0.15) is 0 Å². The molecular weight excluding hydrogens is 272 g/mol. The van der Waals surface area contributed by atoms with Gasteiger partial charge in [0.25, 0.3) is 0 Å². The standard InChI is InChI=1S/C20H26O2/c1-4-14-20(15(3)5-2,16-6-10-18(21)11-7-16)17-8-12-19(22)13-9-17/h6-13,15,21-22H,4-5,14H2,1-3H3. The second kappa shape index (κ2) is 6.87. The molecule has 0 saturated carbocycles. The fourth-order valence-electron chi connectivity index (χ4n) is 3.53. The van der Waals surface area contributed by atoms with Gasteiger partial charge in [0, 0.05) is 5.41 Å². The molecule has 0 heterocycles. The molecule has 0 fully saturated rings. The Balaban J connectivity index is 2.64. The van der Waals surface area contributed by atoms with Gasteiger partial charge in [0.15, 0.2) is 0 Å². The molecule has 0 aliphatic carbocycles. The first kappa shape index (κ1) is 16.4. The third kappa shape index (κ3) is 2.96. The van der Waals surface area contributed by atoms with Crippen molar-refractivity contribution in [2.45, 2.75) is 45.4 Å². The molecule has 0 saturated heterocycles. The Morgan fingerprint density at radius 3 is 1.55 bits per heavy atom. The van der Waals surface area contributed by atoms with Crippen LogP contribution in [0.3, 0.4) is 0 Å². The SMILES string of the molecule is CCCC(c1ccc(O)cc1)(c1ccc(O)cc1)C(C)CC. The molecule has 0 amide bonds. The van der Waals surface area contributed by atoms with Gasteiger partial charge < -0.3 is 10.2 Å². The van der Waals surface area contributed by atoms with Gasteiger partial charge in [-0.15, -0.1) is 0 Å². The average Bonchev–Trinajstić information content (AvgIpc) is 2.54. The molecule has 2 heteroatoms. The number of phenolic OH excluding ortho intramolecular Hbond substituents is 2. The Morgan fingerprint density at radius 2 is 1.23 bits per heavy atom. The van der Waals surface area contributed by atoms with Gasteiger partial charge in [-0.3, -0.25) is 0 Å². The van der Waals surface area contributed by atoms with E-state index in [1.807, 2.05) is 24.3 Å². The molecule has 0 aliphatic heterocycles. The van der Waals surface area contributed by atoms with Gasteiger partial charge >= 0.3 is 0 Å². The quantitative estimate of drug-likeness (QED) is 0.766. The largest absolute Gasteiger partial charge is 0.508 e. The smallest absolute Gasteiger partial charge is 0.115 e. The molecule has 0 spiro atoms. The fourth-order valence-corrected chi connectivity index (χ4v) is 3.53. The Hall–Kier alpha value is -1.96. The summed E-state index contributed by atoms with van der Waals surface area (Å²) in [6.07, 6.45) is 3.19. The van der Waals surface area contributed by atoms with Crippen LogP contribution in [-0.4, -0.2) is 10.2 Å². The summed E-state index contributed by atoms with van der Waals surface area (Å²) in [6, 6.07) is 15.2. The van der Waals surface area contributed by atoms with E-state index in [1.54, 1.807) is 24.3 Å². The predicted molar refractivity (Wildman–Crippen MR) is 91.4 cm³/mol. The van der Waals surface area contributed by atoms with Crippen LogP contribution < -0.4 is 0 Å². The van der Waals surface area contributed by atoms with Crippen LogP contribution in [0.15, 0.2) is 48.5 Å². The fraction of sp³-hybridized carbons (Fsp3) is 0.400. The van der Waals surface area contributed by atoms with Crippen molar-refractivity contribution in [2.24, 2.45) is 5.92 Å². The predicted octanol–water partition coefficient (Wildman–Crippen LogP) is 5.23. The summed E-state index contributed by atoms with van der Waals surface area (Å²) in [5, 5.41) is 19.2. The maximum Gasteiger partial charge on any atom is 0.115 e. The zero-order chi connectivity index (χ0) is 16.2. The molecule has 0 radical (unpaired) electrons. The lowest BCUT2D eigenvalue weighted by Crippen LogP contribution is -2.35. The molecule has 2 aromatic carbocycles. The lowest BCUT2D eigenvalue weighted by atomic mass is 9.63. The van der Waals surface area contributed by atoms with Gasteiger partial charge in [0.2, 0.25) is 0 Å². The van der Waals surface area contributed by atoms with E-state index in [2.05, 4.69) is 20.8 Å². The molecule has 2 rings (SSSR count). The third-order valence-electron chi connectivity index (χ3n) is 4.86. The van der Waals surface area contributed by atoms with E-state index in [0.29, 0.717) is 17.4 Å². The Bertz CT molecular complexity index is 539. The van der Waals surface area contributed by atoms with Crippen LogP contribution in [-0.2, 0) is 5.41 Å². The third-order valence-corrected chi connectivity index (χ3v) is 4.86. The number of hydrogen-bond acceptors (Lipinski definition) is 2. The highest BCUT2D eigenvalue weighted by atomic mass is 16.3. The lowest BCUT2D eigenvalue weighted by Gasteiger charge is -2.40. The first-order valence-corrected chi connectivity index (χ1v) is 8.13. The van der Waals surface area contributed by atoms with Crippen molar-refractivity contribution in [1.82, 2.24) is 0 Å². The van der Waals surface area contributed by atoms with Crippen molar-refractivity contribution in [3.8, 4) is 11.5 Å². The molecule has 2 N–H and O–H groups in total. The van der Waals surface area contributed by atoms with E-state index < -0.39 is 0 Å². The maximum atomic E-state index is 9.62. The van der Waals surface area contributed by atoms with E-state index in [0.717, 1.165) is 19.3 Å². The zero-order valence-corrected chi connectivity index (χ0v) is 13.7. The number of hydrogen-bond donors (Lipinski definition) is 2.